The van der Waals surface area contributed by atoms with Gasteiger partial charge in [0, 0.05) is 24.6 Å². The molecule has 1 unspecified atom stereocenters. The first-order valence-electron chi connectivity index (χ1n) is 6.91. The summed E-state index contributed by atoms with van der Waals surface area (Å²) in [7, 11) is 0. The molecule has 19 heavy (non-hydrogen) atoms. The van der Waals surface area contributed by atoms with Crippen LogP contribution in [0.25, 0.3) is 5.69 Å². The molecule has 1 aromatic carbocycles. The Balaban J connectivity index is 1.65. The Morgan fingerprint density at radius 3 is 3.05 bits per heavy atom. The molecule has 3 heteroatoms. The molecule has 1 aromatic heterocycles. The number of benzene rings is 1. The van der Waals surface area contributed by atoms with Crippen LogP contribution in [0.4, 0.5) is 5.69 Å². The summed E-state index contributed by atoms with van der Waals surface area (Å²) in [4.78, 5) is 0. The molecule has 0 spiro atoms. The van der Waals surface area contributed by atoms with Crippen molar-refractivity contribution in [3.05, 3.63) is 54.9 Å². The minimum atomic E-state index is 0.762. The normalized spacial score (nSPS) is 18.4. The van der Waals surface area contributed by atoms with Crippen LogP contribution in [0.2, 0.25) is 0 Å². The van der Waals surface area contributed by atoms with Crippen molar-refractivity contribution in [3.8, 4) is 5.69 Å². The predicted octanol–water partition coefficient (Wildman–Crippen LogP) is 3.64. The minimum absolute atomic E-state index is 0.762. The summed E-state index contributed by atoms with van der Waals surface area (Å²) in [6, 6.07) is 10.3. The summed E-state index contributed by atoms with van der Waals surface area (Å²) in [5.41, 5.74) is 2.26. The fourth-order valence-electron chi connectivity index (χ4n) is 2.48. The molecular formula is C16H19N3. The van der Waals surface area contributed by atoms with Gasteiger partial charge in [-0.2, -0.15) is 5.10 Å². The van der Waals surface area contributed by atoms with Crippen LogP contribution in [-0.2, 0) is 0 Å². The van der Waals surface area contributed by atoms with Gasteiger partial charge in [-0.05, 0) is 49.4 Å². The minimum Gasteiger partial charge on any atom is -0.385 e. The number of nitrogens with zero attached hydrogens (tertiary/aromatic N) is 2. The maximum absolute atomic E-state index is 4.26. The first-order chi connectivity index (χ1) is 9.42. The van der Waals surface area contributed by atoms with E-state index in [9.17, 15) is 0 Å². The van der Waals surface area contributed by atoms with E-state index in [-0.39, 0.29) is 0 Å². The molecule has 0 amide bonds. The highest BCUT2D eigenvalue weighted by Gasteiger charge is 2.09. The number of hydrogen-bond acceptors (Lipinski definition) is 2. The Morgan fingerprint density at radius 1 is 1.26 bits per heavy atom. The van der Waals surface area contributed by atoms with Crippen LogP contribution in [-0.4, -0.2) is 16.3 Å². The van der Waals surface area contributed by atoms with Gasteiger partial charge in [-0.1, -0.05) is 18.2 Å². The fourth-order valence-corrected chi connectivity index (χ4v) is 2.48. The van der Waals surface area contributed by atoms with Gasteiger partial charge in [0.1, 0.15) is 0 Å². The second-order valence-corrected chi connectivity index (χ2v) is 5.03. The summed E-state index contributed by atoms with van der Waals surface area (Å²) in [6.07, 6.45) is 12.1. The van der Waals surface area contributed by atoms with Crippen molar-refractivity contribution >= 4 is 5.69 Å². The van der Waals surface area contributed by atoms with E-state index in [4.69, 9.17) is 0 Å². The molecule has 0 radical (unpaired) electrons. The molecule has 0 saturated heterocycles. The molecule has 0 saturated carbocycles. The van der Waals surface area contributed by atoms with Crippen LogP contribution in [0.5, 0.6) is 0 Å². The van der Waals surface area contributed by atoms with Gasteiger partial charge in [0.2, 0.25) is 0 Å². The lowest BCUT2D eigenvalue weighted by Gasteiger charge is -2.19. The third-order valence-electron chi connectivity index (χ3n) is 3.59. The highest BCUT2D eigenvalue weighted by atomic mass is 15.3. The zero-order valence-corrected chi connectivity index (χ0v) is 11.0. The van der Waals surface area contributed by atoms with Gasteiger partial charge in [-0.3, -0.25) is 0 Å². The Labute approximate surface area is 114 Å². The summed E-state index contributed by atoms with van der Waals surface area (Å²) in [5, 5.41) is 7.80. The first-order valence-corrected chi connectivity index (χ1v) is 6.91. The zero-order chi connectivity index (χ0) is 12.9. The van der Waals surface area contributed by atoms with E-state index in [2.05, 4.69) is 46.8 Å². The molecule has 1 aliphatic carbocycles. The third-order valence-corrected chi connectivity index (χ3v) is 3.59. The Bertz CT molecular complexity index is 543. The maximum atomic E-state index is 4.26. The van der Waals surface area contributed by atoms with Crippen LogP contribution in [0.1, 0.15) is 19.3 Å². The van der Waals surface area contributed by atoms with E-state index in [0.717, 1.165) is 18.2 Å². The Hall–Kier alpha value is -2.03. The molecule has 0 bridgehead atoms. The molecule has 1 N–H and O–H groups in total. The monoisotopic (exact) mass is 253 g/mol. The van der Waals surface area contributed by atoms with Crippen molar-refractivity contribution in [1.82, 2.24) is 9.78 Å². The van der Waals surface area contributed by atoms with Crippen LogP contribution in [0.15, 0.2) is 54.9 Å². The molecule has 0 fully saturated rings. The van der Waals surface area contributed by atoms with Crippen molar-refractivity contribution in [1.29, 1.82) is 0 Å². The number of allylic oxidation sites excluding steroid dienone is 2. The van der Waals surface area contributed by atoms with Crippen LogP contribution in [0.3, 0.4) is 0 Å². The number of nitrogens with one attached hydrogen (secondary N) is 1. The largest absolute Gasteiger partial charge is 0.385 e. The Morgan fingerprint density at radius 2 is 2.26 bits per heavy atom. The molecule has 1 atom stereocenters. The maximum Gasteiger partial charge on any atom is 0.0666 e. The van der Waals surface area contributed by atoms with Gasteiger partial charge < -0.3 is 5.32 Å². The molecule has 1 heterocycles. The summed E-state index contributed by atoms with van der Waals surface area (Å²) in [5.74, 6) is 0.762. The molecule has 1 aliphatic rings. The molecular weight excluding hydrogens is 234 g/mol. The second-order valence-electron chi connectivity index (χ2n) is 5.03. The van der Waals surface area contributed by atoms with E-state index in [1.165, 1.54) is 24.9 Å². The Kier molecular flexibility index (Phi) is 3.63. The number of rotatable bonds is 4. The van der Waals surface area contributed by atoms with Crippen molar-refractivity contribution in [2.75, 3.05) is 11.9 Å². The average molecular weight is 253 g/mol. The van der Waals surface area contributed by atoms with E-state index < -0.39 is 0 Å². The topological polar surface area (TPSA) is 29.9 Å². The number of anilines is 1. The van der Waals surface area contributed by atoms with Gasteiger partial charge in [-0.15, -0.1) is 0 Å². The number of hydrogen-bond donors (Lipinski definition) is 1. The second kappa shape index (κ2) is 5.74. The van der Waals surface area contributed by atoms with Gasteiger partial charge in [-0.25, -0.2) is 4.68 Å². The lowest BCUT2D eigenvalue weighted by atomic mass is 9.94. The van der Waals surface area contributed by atoms with Crippen LogP contribution >= 0.6 is 0 Å². The zero-order valence-electron chi connectivity index (χ0n) is 11.0. The van der Waals surface area contributed by atoms with E-state index in [1.54, 1.807) is 6.20 Å². The van der Waals surface area contributed by atoms with Crippen LogP contribution < -0.4 is 5.32 Å². The van der Waals surface area contributed by atoms with Crippen molar-refractivity contribution in [2.24, 2.45) is 5.92 Å². The molecule has 98 valence electrons. The number of aromatic nitrogens is 2. The van der Waals surface area contributed by atoms with Crippen molar-refractivity contribution in [3.63, 3.8) is 0 Å². The SMILES string of the molecule is C1=CCC(CNc2cccc(-n3cccn3)c2)CC1. The van der Waals surface area contributed by atoms with Crippen molar-refractivity contribution < 1.29 is 0 Å². The average Bonchev–Trinajstić information content (AvgIpc) is 3.01. The summed E-state index contributed by atoms with van der Waals surface area (Å²) < 4.78 is 1.88. The molecule has 0 aliphatic heterocycles. The van der Waals surface area contributed by atoms with E-state index >= 15 is 0 Å². The molecule has 2 aromatic rings. The molecule has 3 rings (SSSR count). The lowest BCUT2D eigenvalue weighted by molar-refractivity contribution is 0.504. The van der Waals surface area contributed by atoms with Gasteiger partial charge >= 0.3 is 0 Å². The predicted molar refractivity (Wildman–Crippen MR) is 78.5 cm³/mol. The fraction of sp³-hybridized carbons (Fsp3) is 0.312. The quantitative estimate of drug-likeness (QED) is 0.843. The summed E-state index contributed by atoms with van der Waals surface area (Å²) >= 11 is 0. The van der Waals surface area contributed by atoms with Gasteiger partial charge in [0.15, 0.2) is 0 Å². The van der Waals surface area contributed by atoms with E-state index in [1.807, 2.05) is 16.9 Å². The standard InChI is InChI=1S/C16H19N3/c1-2-6-14(7-3-1)13-17-15-8-4-9-16(12-15)19-11-5-10-18-19/h1-2,4-5,8-12,14,17H,3,6-7,13H2. The molecule has 3 nitrogen and oxygen atoms in total. The first kappa shape index (κ1) is 12.0. The highest BCUT2D eigenvalue weighted by molar-refractivity contribution is 5.50. The smallest absolute Gasteiger partial charge is 0.0666 e. The third kappa shape index (κ3) is 3.05. The summed E-state index contributed by atoms with van der Waals surface area (Å²) in [6.45, 7) is 1.05. The van der Waals surface area contributed by atoms with Crippen LogP contribution in [0, 0.1) is 5.92 Å². The van der Waals surface area contributed by atoms with E-state index in [0.29, 0.717) is 0 Å². The van der Waals surface area contributed by atoms with Gasteiger partial charge in [0.05, 0.1) is 5.69 Å². The lowest BCUT2D eigenvalue weighted by Crippen LogP contribution is -2.15. The highest BCUT2D eigenvalue weighted by Crippen LogP contribution is 2.20. The van der Waals surface area contributed by atoms with Gasteiger partial charge in [0.25, 0.3) is 0 Å². The van der Waals surface area contributed by atoms with Crippen molar-refractivity contribution in [2.45, 2.75) is 19.3 Å².